The minimum Gasteiger partial charge on any atom is -0.467 e. The highest BCUT2D eigenvalue weighted by Crippen LogP contribution is 2.10. The van der Waals surface area contributed by atoms with Gasteiger partial charge in [0.25, 0.3) is 5.91 Å². The molecule has 0 fully saturated rings. The molecule has 5 heteroatoms. The Bertz CT molecular complexity index is 549. The molecule has 0 aliphatic rings. The molecule has 21 heavy (non-hydrogen) atoms. The number of nitrogens with zero attached hydrogens (tertiary/aromatic N) is 2. The Morgan fingerprint density at radius 3 is 2.86 bits per heavy atom. The lowest BCUT2D eigenvalue weighted by atomic mass is 10.2. The van der Waals surface area contributed by atoms with Crippen LogP contribution >= 0.6 is 0 Å². The van der Waals surface area contributed by atoms with Gasteiger partial charge < -0.3 is 14.6 Å². The molecule has 0 bridgehead atoms. The molecule has 1 N–H and O–H groups in total. The van der Waals surface area contributed by atoms with E-state index in [1.807, 2.05) is 19.2 Å². The second-order valence-corrected chi connectivity index (χ2v) is 4.94. The number of aromatic nitrogens is 1. The largest absolute Gasteiger partial charge is 0.467 e. The van der Waals surface area contributed by atoms with Crippen LogP contribution in [0, 0.1) is 0 Å². The van der Waals surface area contributed by atoms with E-state index in [1.165, 1.54) is 0 Å². The highest BCUT2D eigenvalue weighted by molar-refractivity contribution is 5.93. The van der Waals surface area contributed by atoms with Gasteiger partial charge >= 0.3 is 0 Å². The number of carbonyl (C=O) groups excluding carboxylic acids is 1. The number of rotatable bonds is 7. The lowest BCUT2D eigenvalue weighted by molar-refractivity contribution is 0.0947. The molecule has 0 aliphatic carbocycles. The average Bonchev–Trinajstić information content (AvgIpc) is 3.04. The highest BCUT2D eigenvalue weighted by Gasteiger charge is 2.08. The first-order valence-electron chi connectivity index (χ1n) is 7.18. The van der Waals surface area contributed by atoms with Crippen LogP contribution in [-0.2, 0) is 6.54 Å². The normalized spacial score (nSPS) is 10.4. The van der Waals surface area contributed by atoms with Crippen molar-refractivity contribution in [2.24, 2.45) is 0 Å². The van der Waals surface area contributed by atoms with Gasteiger partial charge in [-0.3, -0.25) is 4.79 Å². The van der Waals surface area contributed by atoms with Crippen LogP contribution in [-0.4, -0.2) is 24.5 Å². The summed E-state index contributed by atoms with van der Waals surface area (Å²) in [5.41, 5.74) is 0.550. The Kier molecular flexibility index (Phi) is 5.37. The van der Waals surface area contributed by atoms with Crippen LogP contribution in [0.5, 0.6) is 0 Å². The van der Waals surface area contributed by atoms with E-state index in [1.54, 1.807) is 24.6 Å². The molecule has 2 aromatic heterocycles. The van der Waals surface area contributed by atoms with Gasteiger partial charge in [0.1, 0.15) is 11.6 Å². The number of hydrogen-bond acceptors (Lipinski definition) is 4. The van der Waals surface area contributed by atoms with Crippen LogP contribution < -0.4 is 10.2 Å². The Morgan fingerprint density at radius 2 is 2.24 bits per heavy atom. The van der Waals surface area contributed by atoms with E-state index in [0.29, 0.717) is 12.1 Å². The number of unbranched alkanes of at least 4 members (excludes halogenated alkanes) is 1. The third-order valence-electron chi connectivity index (χ3n) is 3.25. The third-order valence-corrected chi connectivity index (χ3v) is 3.25. The molecule has 0 saturated carbocycles. The quantitative estimate of drug-likeness (QED) is 0.850. The number of amides is 1. The summed E-state index contributed by atoms with van der Waals surface area (Å²) in [5, 5.41) is 2.80. The molecule has 2 rings (SSSR count). The summed E-state index contributed by atoms with van der Waals surface area (Å²) in [7, 11) is 2.01. The van der Waals surface area contributed by atoms with Crippen LogP contribution in [0.2, 0.25) is 0 Å². The molecule has 5 nitrogen and oxygen atoms in total. The zero-order chi connectivity index (χ0) is 15.1. The van der Waals surface area contributed by atoms with Crippen molar-refractivity contribution in [3.05, 3.63) is 48.0 Å². The summed E-state index contributed by atoms with van der Waals surface area (Å²) in [6, 6.07) is 7.29. The molecule has 0 atom stereocenters. The van der Waals surface area contributed by atoms with Gasteiger partial charge in [0.15, 0.2) is 0 Å². The molecule has 0 saturated heterocycles. The first-order valence-corrected chi connectivity index (χ1v) is 7.18. The van der Waals surface area contributed by atoms with Gasteiger partial charge in [-0.15, -0.1) is 0 Å². The Hall–Kier alpha value is -2.30. The number of hydrogen-bond donors (Lipinski definition) is 1. The lowest BCUT2D eigenvalue weighted by Gasteiger charge is -2.17. The van der Waals surface area contributed by atoms with E-state index >= 15 is 0 Å². The van der Waals surface area contributed by atoms with Gasteiger partial charge in [-0.25, -0.2) is 4.98 Å². The van der Waals surface area contributed by atoms with E-state index < -0.39 is 0 Å². The van der Waals surface area contributed by atoms with Crippen LogP contribution in [0.3, 0.4) is 0 Å². The minimum absolute atomic E-state index is 0.151. The highest BCUT2D eigenvalue weighted by atomic mass is 16.3. The molecule has 0 unspecified atom stereocenters. The number of furan rings is 1. The molecule has 112 valence electrons. The van der Waals surface area contributed by atoms with Crippen molar-refractivity contribution >= 4 is 11.7 Å². The summed E-state index contributed by atoms with van der Waals surface area (Å²) in [6.07, 6.45) is 5.47. The number of nitrogens with one attached hydrogen (secondary N) is 1. The van der Waals surface area contributed by atoms with E-state index in [0.717, 1.165) is 31.0 Å². The van der Waals surface area contributed by atoms with Gasteiger partial charge in [-0.1, -0.05) is 13.3 Å². The van der Waals surface area contributed by atoms with Gasteiger partial charge in [0, 0.05) is 19.8 Å². The fraction of sp³-hybridized carbons (Fsp3) is 0.375. The van der Waals surface area contributed by atoms with Crippen molar-refractivity contribution in [3.8, 4) is 0 Å². The molecule has 2 aromatic rings. The Labute approximate surface area is 125 Å². The molecule has 1 amide bonds. The molecule has 2 heterocycles. The van der Waals surface area contributed by atoms with Crippen molar-refractivity contribution in [1.82, 2.24) is 10.3 Å². The second-order valence-electron chi connectivity index (χ2n) is 4.94. The standard InChI is InChI=1S/C16H21N3O2/c1-3-4-9-19(2)15-8-7-13(11-17-15)16(20)18-12-14-6-5-10-21-14/h5-8,10-11H,3-4,9,12H2,1-2H3,(H,18,20). The van der Waals surface area contributed by atoms with Crippen molar-refractivity contribution < 1.29 is 9.21 Å². The van der Waals surface area contributed by atoms with Gasteiger partial charge in [0.2, 0.25) is 0 Å². The van der Waals surface area contributed by atoms with Crippen LogP contribution in [0.1, 0.15) is 35.9 Å². The lowest BCUT2D eigenvalue weighted by Crippen LogP contribution is -2.23. The summed E-state index contributed by atoms with van der Waals surface area (Å²) in [6.45, 7) is 3.51. The van der Waals surface area contributed by atoms with Gasteiger partial charge in [-0.2, -0.15) is 0 Å². The SMILES string of the molecule is CCCCN(C)c1ccc(C(=O)NCc2ccco2)cn1. The smallest absolute Gasteiger partial charge is 0.253 e. The first-order chi connectivity index (χ1) is 10.2. The number of pyridine rings is 1. The van der Waals surface area contributed by atoms with E-state index in [2.05, 4.69) is 22.1 Å². The van der Waals surface area contributed by atoms with E-state index in [4.69, 9.17) is 4.42 Å². The molecule has 0 aliphatic heterocycles. The maximum atomic E-state index is 12.0. The summed E-state index contributed by atoms with van der Waals surface area (Å²) >= 11 is 0. The van der Waals surface area contributed by atoms with Crippen LogP contribution in [0.15, 0.2) is 41.1 Å². The maximum Gasteiger partial charge on any atom is 0.253 e. The maximum absolute atomic E-state index is 12.0. The minimum atomic E-state index is -0.151. The number of anilines is 1. The zero-order valence-electron chi connectivity index (χ0n) is 12.5. The Morgan fingerprint density at radius 1 is 1.38 bits per heavy atom. The van der Waals surface area contributed by atoms with E-state index in [9.17, 15) is 4.79 Å². The first kappa shape index (κ1) is 15.1. The summed E-state index contributed by atoms with van der Waals surface area (Å²) in [5.74, 6) is 1.46. The Balaban J connectivity index is 1.90. The number of carbonyl (C=O) groups is 1. The van der Waals surface area contributed by atoms with Crippen molar-refractivity contribution in [2.45, 2.75) is 26.3 Å². The molecule has 0 radical (unpaired) electrons. The monoisotopic (exact) mass is 287 g/mol. The predicted octanol–water partition coefficient (Wildman–Crippen LogP) is 2.84. The third kappa shape index (κ3) is 4.34. The average molecular weight is 287 g/mol. The molecule has 0 spiro atoms. The van der Waals surface area contributed by atoms with Gasteiger partial charge in [-0.05, 0) is 30.7 Å². The fourth-order valence-corrected chi connectivity index (χ4v) is 1.94. The molecular formula is C16H21N3O2. The van der Waals surface area contributed by atoms with Gasteiger partial charge in [0.05, 0.1) is 18.4 Å². The van der Waals surface area contributed by atoms with Crippen molar-refractivity contribution in [1.29, 1.82) is 0 Å². The predicted molar refractivity (Wildman–Crippen MR) is 82.3 cm³/mol. The fourth-order valence-electron chi connectivity index (χ4n) is 1.94. The molecule has 0 aromatic carbocycles. The van der Waals surface area contributed by atoms with Crippen LogP contribution in [0.25, 0.3) is 0 Å². The van der Waals surface area contributed by atoms with Crippen molar-refractivity contribution in [3.63, 3.8) is 0 Å². The second kappa shape index (κ2) is 7.47. The molecular weight excluding hydrogens is 266 g/mol. The summed E-state index contributed by atoms with van der Waals surface area (Å²) < 4.78 is 5.17. The topological polar surface area (TPSA) is 58.4 Å². The zero-order valence-corrected chi connectivity index (χ0v) is 12.5. The van der Waals surface area contributed by atoms with Crippen molar-refractivity contribution in [2.75, 3.05) is 18.5 Å². The summed E-state index contributed by atoms with van der Waals surface area (Å²) in [4.78, 5) is 18.4. The van der Waals surface area contributed by atoms with Crippen LogP contribution in [0.4, 0.5) is 5.82 Å². The van der Waals surface area contributed by atoms with E-state index in [-0.39, 0.29) is 5.91 Å².